The molecule has 5 heteroatoms. The number of hydrogen-bond donors (Lipinski definition) is 1. The predicted octanol–water partition coefficient (Wildman–Crippen LogP) is 2.19. The van der Waals surface area contributed by atoms with Gasteiger partial charge in [0.1, 0.15) is 5.69 Å². The van der Waals surface area contributed by atoms with Crippen LogP contribution in [0.1, 0.15) is 0 Å². The topological polar surface area (TPSA) is 41.6 Å². The van der Waals surface area contributed by atoms with Crippen LogP contribution in [0.4, 0.5) is 0 Å². The van der Waals surface area contributed by atoms with E-state index in [2.05, 4.69) is 15.2 Å². The Bertz CT molecular complexity index is 340. The van der Waals surface area contributed by atoms with E-state index in [1.54, 1.807) is 6.20 Å². The van der Waals surface area contributed by atoms with E-state index in [0.717, 1.165) is 11.4 Å². The highest BCUT2D eigenvalue weighted by Crippen LogP contribution is 2.22. The minimum Gasteiger partial charge on any atom is -0.276 e. The molecule has 0 aliphatic heterocycles. The van der Waals surface area contributed by atoms with Crippen molar-refractivity contribution >= 4 is 22.9 Å². The molecule has 3 nitrogen and oxygen atoms in total. The lowest BCUT2D eigenvalue weighted by Gasteiger charge is -1.84. The molecule has 2 aromatic heterocycles. The van der Waals surface area contributed by atoms with Crippen LogP contribution >= 0.6 is 22.9 Å². The molecule has 2 rings (SSSR count). The summed E-state index contributed by atoms with van der Waals surface area (Å²) in [6.07, 6.45) is 1.68. The van der Waals surface area contributed by atoms with Gasteiger partial charge in [0.15, 0.2) is 4.47 Å². The van der Waals surface area contributed by atoms with Gasteiger partial charge in [-0.3, -0.25) is 5.10 Å². The van der Waals surface area contributed by atoms with Crippen LogP contribution in [0.15, 0.2) is 17.6 Å². The monoisotopic (exact) mass is 185 g/mol. The second-order valence-electron chi connectivity index (χ2n) is 1.96. The quantitative estimate of drug-likeness (QED) is 0.740. The molecule has 0 bridgehead atoms. The molecule has 1 N–H and O–H groups in total. The zero-order valence-electron chi connectivity index (χ0n) is 5.41. The largest absolute Gasteiger partial charge is 0.276 e. The first kappa shape index (κ1) is 6.82. The van der Waals surface area contributed by atoms with Gasteiger partial charge in [0.25, 0.3) is 0 Å². The summed E-state index contributed by atoms with van der Waals surface area (Å²) in [5.74, 6) is 0. The minimum absolute atomic E-state index is 0.551. The third-order valence-corrected chi connectivity index (χ3v) is 2.23. The Kier molecular flexibility index (Phi) is 1.63. The molecule has 11 heavy (non-hydrogen) atoms. The summed E-state index contributed by atoms with van der Waals surface area (Å²) in [5, 5.41) is 8.49. The zero-order valence-corrected chi connectivity index (χ0v) is 6.99. The van der Waals surface area contributed by atoms with Crippen LogP contribution in [0.3, 0.4) is 0 Å². The van der Waals surface area contributed by atoms with Crippen molar-refractivity contribution in [3.63, 3.8) is 0 Å². The molecule has 0 radical (unpaired) electrons. The number of aromatic amines is 1. The van der Waals surface area contributed by atoms with E-state index < -0.39 is 0 Å². The van der Waals surface area contributed by atoms with Crippen molar-refractivity contribution in [3.05, 3.63) is 22.1 Å². The number of aromatic nitrogens is 3. The van der Waals surface area contributed by atoms with Gasteiger partial charge < -0.3 is 0 Å². The Morgan fingerprint density at radius 2 is 2.45 bits per heavy atom. The van der Waals surface area contributed by atoms with Crippen molar-refractivity contribution < 1.29 is 0 Å². The number of nitrogens with one attached hydrogen (secondary N) is 1. The zero-order chi connectivity index (χ0) is 7.68. The van der Waals surface area contributed by atoms with Crippen LogP contribution in [0.2, 0.25) is 4.47 Å². The first-order chi connectivity index (χ1) is 5.36. The van der Waals surface area contributed by atoms with E-state index in [9.17, 15) is 0 Å². The second kappa shape index (κ2) is 2.64. The average molecular weight is 186 g/mol. The normalized spacial score (nSPS) is 10.3. The van der Waals surface area contributed by atoms with E-state index in [1.807, 2.05) is 11.4 Å². The maximum atomic E-state index is 5.65. The van der Waals surface area contributed by atoms with Crippen molar-refractivity contribution in [1.29, 1.82) is 0 Å². The molecular formula is C6H4ClN3S. The molecule has 2 heterocycles. The standard InChI is InChI=1S/C6H4ClN3S/c7-6-9-5(3-11-6)4-1-2-8-10-4/h1-3H,(H,8,10). The van der Waals surface area contributed by atoms with Crippen molar-refractivity contribution in [3.8, 4) is 11.4 Å². The van der Waals surface area contributed by atoms with Crippen LogP contribution in [0, 0.1) is 0 Å². The lowest BCUT2D eigenvalue weighted by molar-refractivity contribution is 1.09. The van der Waals surface area contributed by atoms with Gasteiger partial charge in [0.2, 0.25) is 0 Å². The van der Waals surface area contributed by atoms with Gasteiger partial charge in [-0.1, -0.05) is 11.6 Å². The number of hydrogen-bond acceptors (Lipinski definition) is 3. The molecule has 2 aromatic rings. The van der Waals surface area contributed by atoms with Gasteiger partial charge in [-0.2, -0.15) is 5.10 Å². The highest BCUT2D eigenvalue weighted by Gasteiger charge is 2.02. The highest BCUT2D eigenvalue weighted by molar-refractivity contribution is 7.14. The number of rotatable bonds is 1. The van der Waals surface area contributed by atoms with Crippen molar-refractivity contribution in [1.82, 2.24) is 15.2 Å². The fourth-order valence-corrected chi connectivity index (χ4v) is 1.54. The molecule has 0 spiro atoms. The van der Waals surface area contributed by atoms with E-state index in [4.69, 9.17) is 11.6 Å². The fourth-order valence-electron chi connectivity index (χ4n) is 0.774. The second-order valence-corrected chi connectivity index (χ2v) is 3.40. The summed E-state index contributed by atoms with van der Waals surface area (Å²) >= 11 is 7.06. The van der Waals surface area contributed by atoms with E-state index in [1.165, 1.54) is 11.3 Å². The highest BCUT2D eigenvalue weighted by atomic mass is 35.5. The minimum atomic E-state index is 0.551. The number of nitrogens with zero attached hydrogens (tertiary/aromatic N) is 2. The SMILES string of the molecule is Clc1nc(-c2ccn[nH]2)cs1. The van der Waals surface area contributed by atoms with Crippen LogP contribution in [0.5, 0.6) is 0 Å². The molecule has 0 fully saturated rings. The summed E-state index contributed by atoms with van der Waals surface area (Å²) < 4.78 is 0.551. The third-order valence-electron chi connectivity index (χ3n) is 1.25. The van der Waals surface area contributed by atoms with Gasteiger partial charge in [-0.25, -0.2) is 4.98 Å². The Labute approximate surface area is 72.0 Å². The van der Waals surface area contributed by atoms with E-state index >= 15 is 0 Å². The van der Waals surface area contributed by atoms with Crippen LogP contribution in [-0.2, 0) is 0 Å². The summed E-state index contributed by atoms with van der Waals surface area (Å²) in [7, 11) is 0. The summed E-state index contributed by atoms with van der Waals surface area (Å²) in [6, 6.07) is 1.85. The first-order valence-corrected chi connectivity index (χ1v) is 4.23. The smallest absolute Gasteiger partial charge is 0.184 e. The number of H-pyrrole nitrogens is 1. The van der Waals surface area contributed by atoms with Gasteiger partial charge >= 0.3 is 0 Å². The molecule has 0 aliphatic rings. The maximum Gasteiger partial charge on any atom is 0.184 e. The summed E-state index contributed by atoms with van der Waals surface area (Å²) in [5.41, 5.74) is 1.74. The van der Waals surface area contributed by atoms with Gasteiger partial charge in [-0.05, 0) is 6.07 Å². The lowest BCUT2D eigenvalue weighted by atomic mass is 10.3. The molecule has 0 aromatic carbocycles. The van der Waals surface area contributed by atoms with Gasteiger partial charge in [-0.15, -0.1) is 11.3 Å². The summed E-state index contributed by atoms with van der Waals surface area (Å²) in [6.45, 7) is 0. The molecule has 0 aliphatic carbocycles. The molecule has 0 amide bonds. The van der Waals surface area contributed by atoms with Crippen molar-refractivity contribution in [2.45, 2.75) is 0 Å². The predicted molar refractivity (Wildman–Crippen MR) is 44.7 cm³/mol. The van der Waals surface area contributed by atoms with Crippen LogP contribution in [0.25, 0.3) is 11.4 Å². The van der Waals surface area contributed by atoms with Gasteiger partial charge in [0.05, 0.1) is 5.69 Å². The van der Waals surface area contributed by atoms with Crippen LogP contribution < -0.4 is 0 Å². The molecule has 0 unspecified atom stereocenters. The summed E-state index contributed by atoms with van der Waals surface area (Å²) in [4.78, 5) is 4.07. The molecule has 0 atom stereocenters. The average Bonchev–Trinajstić information content (AvgIpc) is 2.55. The number of thiazole rings is 1. The first-order valence-electron chi connectivity index (χ1n) is 2.97. The van der Waals surface area contributed by atoms with Gasteiger partial charge in [0, 0.05) is 11.6 Å². The lowest BCUT2D eigenvalue weighted by Crippen LogP contribution is -1.75. The molecule has 56 valence electrons. The van der Waals surface area contributed by atoms with E-state index in [-0.39, 0.29) is 0 Å². The number of halogens is 1. The Balaban J connectivity index is 2.45. The van der Waals surface area contributed by atoms with Crippen molar-refractivity contribution in [2.24, 2.45) is 0 Å². The Morgan fingerprint density at radius 3 is 3.00 bits per heavy atom. The fraction of sp³-hybridized carbons (Fsp3) is 0. The van der Waals surface area contributed by atoms with Crippen molar-refractivity contribution in [2.75, 3.05) is 0 Å². The molecule has 0 saturated carbocycles. The Morgan fingerprint density at radius 1 is 1.55 bits per heavy atom. The third kappa shape index (κ3) is 1.27. The molecule has 0 saturated heterocycles. The molecular weight excluding hydrogens is 182 g/mol. The van der Waals surface area contributed by atoms with Crippen LogP contribution in [-0.4, -0.2) is 15.2 Å². The van der Waals surface area contributed by atoms with E-state index in [0.29, 0.717) is 4.47 Å². The Hall–Kier alpha value is -0.870. The maximum absolute atomic E-state index is 5.65.